The molecule has 0 spiro atoms. The molecule has 1 N–H and O–H groups in total. The molecular formula is C26H25N3O5. The summed E-state index contributed by atoms with van der Waals surface area (Å²) in [5.41, 5.74) is 3.70. The topological polar surface area (TPSA) is 90.0 Å². The largest absolute Gasteiger partial charge is 0.467 e. The zero-order valence-corrected chi connectivity index (χ0v) is 18.8. The van der Waals surface area contributed by atoms with Crippen molar-refractivity contribution in [1.29, 1.82) is 0 Å². The summed E-state index contributed by atoms with van der Waals surface area (Å²) in [6.45, 7) is 4.39. The van der Waals surface area contributed by atoms with Crippen LogP contribution in [0.2, 0.25) is 0 Å². The third-order valence-electron chi connectivity index (χ3n) is 5.48. The van der Waals surface area contributed by atoms with Crippen LogP contribution in [0, 0.1) is 6.92 Å². The van der Waals surface area contributed by atoms with Gasteiger partial charge in [-0.05, 0) is 42.3 Å². The minimum Gasteiger partial charge on any atom is -0.467 e. The van der Waals surface area contributed by atoms with Crippen molar-refractivity contribution < 1.29 is 23.1 Å². The van der Waals surface area contributed by atoms with E-state index in [2.05, 4.69) is 46.4 Å². The molecule has 1 aliphatic rings. The van der Waals surface area contributed by atoms with E-state index in [4.69, 9.17) is 18.3 Å². The van der Waals surface area contributed by atoms with Crippen LogP contribution in [0.3, 0.4) is 0 Å². The first kappa shape index (κ1) is 21.8. The number of nitrogens with zero attached hydrogens (tertiary/aromatic N) is 2. The van der Waals surface area contributed by atoms with Gasteiger partial charge in [-0.15, -0.1) is 0 Å². The minimum absolute atomic E-state index is 0.236. The molecule has 2 aromatic carbocycles. The van der Waals surface area contributed by atoms with Crippen molar-refractivity contribution in [2.24, 2.45) is 0 Å². The summed E-state index contributed by atoms with van der Waals surface area (Å²) in [5, 5.41) is 2.78. The third-order valence-corrected chi connectivity index (χ3v) is 5.48. The highest BCUT2D eigenvalue weighted by molar-refractivity contribution is 5.91. The zero-order chi connectivity index (χ0) is 23.3. The number of fused-ring (bicyclic) bond motifs is 1. The van der Waals surface area contributed by atoms with E-state index in [0.29, 0.717) is 31.3 Å². The van der Waals surface area contributed by atoms with E-state index in [1.54, 1.807) is 18.4 Å². The summed E-state index contributed by atoms with van der Waals surface area (Å²) in [7, 11) is 0. The predicted octanol–water partition coefficient (Wildman–Crippen LogP) is 4.44. The summed E-state index contributed by atoms with van der Waals surface area (Å²) in [6.07, 6.45) is 2.96. The molecule has 5 rings (SSSR count). The van der Waals surface area contributed by atoms with Gasteiger partial charge in [-0.2, -0.15) is 0 Å². The number of furan rings is 1. The Bertz CT molecular complexity index is 1270. The third kappa shape index (κ3) is 5.29. The number of carbonyl (C=O) groups is 1. The van der Waals surface area contributed by atoms with Gasteiger partial charge < -0.3 is 23.6 Å². The van der Waals surface area contributed by atoms with E-state index in [1.807, 2.05) is 18.2 Å². The first-order valence-electron chi connectivity index (χ1n) is 11.0. The summed E-state index contributed by atoms with van der Waals surface area (Å²) in [4.78, 5) is 19.1. The van der Waals surface area contributed by atoms with Gasteiger partial charge in [0.2, 0.25) is 12.7 Å². The number of hydrogen-bond donors (Lipinski definition) is 1. The molecule has 0 fully saturated rings. The maximum atomic E-state index is 12.5. The van der Waals surface area contributed by atoms with Crippen LogP contribution >= 0.6 is 0 Å². The van der Waals surface area contributed by atoms with Crippen molar-refractivity contribution in [3.8, 4) is 11.5 Å². The molecule has 3 heterocycles. The summed E-state index contributed by atoms with van der Waals surface area (Å²) in [5.74, 6) is 2.33. The van der Waals surface area contributed by atoms with E-state index >= 15 is 0 Å². The Balaban J connectivity index is 1.29. The molecule has 0 saturated heterocycles. The lowest BCUT2D eigenvalue weighted by Crippen LogP contribution is -2.24. The molecule has 4 aromatic rings. The molecular weight excluding hydrogens is 434 g/mol. The second kappa shape index (κ2) is 9.84. The van der Waals surface area contributed by atoms with E-state index in [0.717, 1.165) is 17.1 Å². The van der Waals surface area contributed by atoms with E-state index in [1.165, 1.54) is 17.4 Å². The van der Waals surface area contributed by atoms with Crippen LogP contribution in [-0.4, -0.2) is 22.6 Å². The van der Waals surface area contributed by atoms with Crippen molar-refractivity contribution in [1.82, 2.24) is 15.2 Å². The van der Waals surface area contributed by atoms with E-state index < -0.39 is 0 Å². The zero-order valence-electron chi connectivity index (χ0n) is 18.8. The summed E-state index contributed by atoms with van der Waals surface area (Å²) >= 11 is 0. The van der Waals surface area contributed by atoms with E-state index in [-0.39, 0.29) is 24.9 Å². The predicted molar refractivity (Wildman–Crippen MR) is 123 cm³/mol. The maximum Gasteiger partial charge on any atom is 0.273 e. The Morgan fingerprint density at radius 1 is 0.971 bits per heavy atom. The molecule has 1 amide bonds. The lowest BCUT2D eigenvalue weighted by atomic mass is 10.1. The van der Waals surface area contributed by atoms with Gasteiger partial charge in [0, 0.05) is 13.1 Å². The number of rotatable bonds is 9. The van der Waals surface area contributed by atoms with Gasteiger partial charge in [0.25, 0.3) is 5.91 Å². The fourth-order valence-corrected chi connectivity index (χ4v) is 3.88. The molecule has 0 bridgehead atoms. The maximum absolute atomic E-state index is 12.5. The molecule has 34 heavy (non-hydrogen) atoms. The molecule has 0 radical (unpaired) electrons. The van der Waals surface area contributed by atoms with Gasteiger partial charge in [0.05, 0.1) is 19.4 Å². The molecule has 2 aromatic heterocycles. The van der Waals surface area contributed by atoms with Crippen molar-refractivity contribution in [3.05, 3.63) is 101 Å². The smallest absolute Gasteiger partial charge is 0.273 e. The number of aryl methyl sites for hydroxylation is 1. The van der Waals surface area contributed by atoms with Gasteiger partial charge in [-0.1, -0.05) is 35.9 Å². The molecule has 8 nitrogen and oxygen atoms in total. The number of ether oxygens (including phenoxy) is 2. The number of oxazole rings is 1. The quantitative estimate of drug-likeness (QED) is 0.396. The Labute approximate surface area is 197 Å². The lowest BCUT2D eigenvalue weighted by molar-refractivity contribution is 0.0943. The standard InChI is InChI=1S/C26H25N3O5/c1-18-4-2-5-19(10-18)13-29(14-20-7-8-23-24(11-20)34-17-33-23)15-25-28-22(16-32-25)26(30)27-12-21-6-3-9-31-21/h2-11,16H,12-15,17H2,1H3,(H,27,30). The van der Waals surface area contributed by atoms with Crippen LogP contribution < -0.4 is 14.8 Å². The fraction of sp³-hybridized carbons (Fsp3) is 0.231. The lowest BCUT2D eigenvalue weighted by Gasteiger charge is -2.21. The highest BCUT2D eigenvalue weighted by Crippen LogP contribution is 2.33. The van der Waals surface area contributed by atoms with Crippen LogP contribution in [0.25, 0.3) is 0 Å². The number of hydrogen-bond acceptors (Lipinski definition) is 7. The van der Waals surface area contributed by atoms with Crippen LogP contribution in [-0.2, 0) is 26.2 Å². The Hall–Kier alpha value is -4.04. The molecule has 0 unspecified atom stereocenters. The number of amides is 1. The SMILES string of the molecule is Cc1cccc(CN(Cc2ccc3c(c2)OCO3)Cc2nc(C(=O)NCc3ccco3)co2)c1. The first-order valence-corrected chi connectivity index (χ1v) is 11.0. The normalized spacial score (nSPS) is 12.3. The van der Waals surface area contributed by atoms with Gasteiger partial charge in [-0.3, -0.25) is 9.69 Å². The number of benzene rings is 2. The first-order chi connectivity index (χ1) is 16.6. The van der Waals surface area contributed by atoms with Crippen molar-refractivity contribution in [2.75, 3.05) is 6.79 Å². The molecule has 8 heteroatoms. The van der Waals surface area contributed by atoms with Gasteiger partial charge in [0.1, 0.15) is 12.0 Å². The Morgan fingerprint density at radius 2 is 1.82 bits per heavy atom. The molecule has 0 aliphatic carbocycles. The monoisotopic (exact) mass is 459 g/mol. The number of nitrogens with one attached hydrogen (secondary N) is 1. The van der Waals surface area contributed by atoms with Crippen molar-refractivity contribution in [3.63, 3.8) is 0 Å². The second-order valence-corrected chi connectivity index (χ2v) is 8.21. The highest BCUT2D eigenvalue weighted by Gasteiger charge is 2.18. The summed E-state index contributed by atoms with van der Waals surface area (Å²) in [6, 6.07) is 17.9. The van der Waals surface area contributed by atoms with E-state index in [9.17, 15) is 4.79 Å². The number of carbonyl (C=O) groups excluding carboxylic acids is 1. The average Bonchev–Trinajstić information content (AvgIpc) is 3.59. The van der Waals surface area contributed by atoms with Crippen molar-refractivity contribution in [2.45, 2.75) is 33.1 Å². The minimum atomic E-state index is -0.313. The van der Waals surface area contributed by atoms with Crippen LogP contribution in [0.5, 0.6) is 11.5 Å². The Morgan fingerprint density at radius 3 is 2.65 bits per heavy atom. The fourth-order valence-electron chi connectivity index (χ4n) is 3.88. The number of aromatic nitrogens is 1. The molecule has 0 atom stereocenters. The molecule has 0 saturated carbocycles. The van der Waals surface area contributed by atoms with Gasteiger partial charge >= 0.3 is 0 Å². The molecule has 1 aliphatic heterocycles. The van der Waals surface area contributed by atoms with Crippen LogP contribution in [0.1, 0.15) is 38.8 Å². The highest BCUT2D eigenvalue weighted by atomic mass is 16.7. The van der Waals surface area contributed by atoms with Crippen LogP contribution in [0.4, 0.5) is 0 Å². The van der Waals surface area contributed by atoms with Gasteiger partial charge in [-0.25, -0.2) is 4.98 Å². The Kier molecular flexibility index (Phi) is 6.31. The summed E-state index contributed by atoms with van der Waals surface area (Å²) < 4.78 is 21.8. The second-order valence-electron chi connectivity index (χ2n) is 8.21. The van der Waals surface area contributed by atoms with Crippen LogP contribution in [0.15, 0.2) is 76.0 Å². The van der Waals surface area contributed by atoms with Gasteiger partial charge in [0.15, 0.2) is 17.2 Å². The van der Waals surface area contributed by atoms with Crippen molar-refractivity contribution >= 4 is 5.91 Å². The average molecular weight is 460 g/mol. The molecule has 174 valence electrons.